The van der Waals surface area contributed by atoms with Crippen molar-refractivity contribution in [3.63, 3.8) is 0 Å². The molecule has 1 fully saturated rings. The lowest BCUT2D eigenvalue weighted by atomic mass is 9.92. The lowest BCUT2D eigenvalue weighted by Crippen LogP contribution is -2.55. The van der Waals surface area contributed by atoms with Crippen LogP contribution in [0.5, 0.6) is 0 Å². The molecule has 0 aliphatic carbocycles. The van der Waals surface area contributed by atoms with Crippen LogP contribution in [0, 0.1) is 23.4 Å². The van der Waals surface area contributed by atoms with Crippen molar-refractivity contribution in [2.24, 2.45) is 11.7 Å². The Kier molecular flexibility index (Phi) is 6.30. The van der Waals surface area contributed by atoms with E-state index in [2.05, 4.69) is 15.3 Å². The van der Waals surface area contributed by atoms with Gasteiger partial charge in [0.05, 0.1) is 34.9 Å². The molecule has 4 N–H and O–H groups in total. The highest BCUT2D eigenvalue weighted by atomic mass is 19.1. The number of pyridine rings is 2. The molecule has 10 heteroatoms. The summed E-state index contributed by atoms with van der Waals surface area (Å²) < 4.78 is 42.8. The number of hydrogen-bond donors (Lipinski definition) is 3. The highest BCUT2D eigenvalue weighted by Gasteiger charge is 2.32. The predicted molar refractivity (Wildman–Crippen MR) is 117 cm³/mol. The molecule has 0 unspecified atom stereocenters. The number of benzene rings is 1. The molecule has 0 radical (unpaired) electrons. The zero-order valence-corrected chi connectivity index (χ0v) is 17.7. The van der Waals surface area contributed by atoms with Crippen molar-refractivity contribution in [1.82, 2.24) is 9.97 Å². The molecule has 172 valence electrons. The standard InChI is InChI=1S/C23H22F3N5O2/c1-12-10-31(11-16(27)22(12)32)19-7-8-28-9-18(19)30-23(33)21-15(26)5-6-17(29-21)20-13(24)3-2-4-14(20)25/h2-9,12,16,22,32H,10-11,27H2,1H3,(H,30,33)/t12-,16+,22+/m0/s1. The molecular weight excluding hydrogens is 435 g/mol. The van der Waals surface area contributed by atoms with Crippen molar-refractivity contribution in [1.29, 1.82) is 0 Å². The SMILES string of the molecule is C[C@H]1CN(c2ccncc2NC(=O)c2nc(-c3c(F)cccc3F)ccc2F)C[C@@H](N)[C@@H]1O. The van der Waals surface area contributed by atoms with Crippen LogP contribution in [0.4, 0.5) is 24.5 Å². The van der Waals surface area contributed by atoms with Crippen LogP contribution in [0.2, 0.25) is 0 Å². The van der Waals surface area contributed by atoms with Gasteiger partial charge in [-0.05, 0) is 30.3 Å². The molecule has 1 aliphatic heterocycles. The van der Waals surface area contributed by atoms with E-state index in [0.29, 0.717) is 18.8 Å². The van der Waals surface area contributed by atoms with Gasteiger partial charge in [-0.2, -0.15) is 0 Å². The smallest absolute Gasteiger partial charge is 0.277 e. The van der Waals surface area contributed by atoms with Crippen LogP contribution in [0.3, 0.4) is 0 Å². The number of aliphatic hydroxyl groups is 1. The van der Waals surface area contributed by atoms with E-state index in [0.717, 1.165) is 24.3 Å². The van der Waals surface area contributed by atoms with E-state index in [4.69, 9.17) is 5.73 Å². The maximum absolute atomic E-state index is 14.5. The third-order valence-electron chi connectivity index (χ3n) is 5.63. The molecule has 0 bridgehead atoms. The molecule has 1 aromatic carbocycles. The summed E-state index contributed by atoms with van der Waals surface area (Å²) in [6.07, 6.45) is 2.28. The Morgan fingerprint density at radius 1 is 1.12 bits per heavy atom. The number of nitrogens with two attached hydrogens (primary N) is 1. The van der Waals surface area contributed by atoms with Crippen molar-refractivity contribution >= 4 is 17.3 Å². The maximum atomic E-state index is 14.5. The van der Waals surface area contributed by atoms with Gasteiger partial charge in [-0.3, -0.25) is 9.78 Å². The number of nitrogens with zero attached hydrogens (tertiary/aromatic N) is 3. The first-order valence-corrected chi connectivity index (χ1v) is 10.3. The second-order valence-electron chi connectivity index (χ2n) is 8.01. The van der Waals surface area contributed by atoms with Crippen molar-refractivity contribution < 1.29 is 23.1 Å². The van der Waals surface area contributed by atoms with Crippen LogP contribution in [0.25, 0.3) is 11.3 Å². The fourth-order valence-corrected chi connectivity index (χ4v) is 3.94. The van der Waals surface area contributed by atoms with E-state index < -0.39 is 46.8 Å². The Balaban J connectivity index is 1.64. The third kappa shape index (κ3) is 4.53. The quantitative estimate of drug-likeness (QED) is 0.557. The van der Waals surface area contributed by atoms with E-state index >= 15 is 0 Å². The molecule has 0 spiro atoms. The van der Waals surface area contributed by atoms with Crippen molar-refractivity contribution in [3.05, 3.63) is 71.9 Å². The Labute approximate surface area is 188 Å². The summed E-state index contributed by atoms with van der Waals surface area (Å²) in [7, 11) is 0. The van der Waals surface area contributed by atoms with E-state index in [1.807, 2.05) is 11.8 Å². The number of aliphatic hydroxyl groups excluding tert-OH is 1. The number of piperidine rings is 1. The third-order valence-corrected chi connectivity index (χ3v) is 5.63. The highest BCUT2D eigenvalue weighted by Crippen LogP contribution is 2.30. The maximum Gasteiger partial charge on any atom is 0.277 e. The number of anilines is 2. The summed E-state index contributed by atoms with van der Waals surface area (Å²) in [5, 5.41) is 12.7. The number of amides is 1. The van der Waals surface area contributed by atoms with E-state index in [9.17, 15) is 23.1 Å². The molecule has 3 heterocycles. The predicted octanol–water partition coefficient (Wildman–Crippen LogP) is 2.96. The zero-order chi connectivity index (χ0) is 23.7. The average molecular weight is 457 g/mol. The summed E-state index contributed by atoms with van der Waals surface area (Å²) in [6.45, 7) is 2.69. The van der Waals surface area contributed by atoms with Gasteiger partial charge < -0.3 is 21.1 Å². The van der Waals surface area contributed by atoms with Gasteiger partial charge in [0.25, 0.3) is 5.91 Å². The van der Waals surface area contributed by atoms with E-state index in [1.54, 1.807) is 6.07 Å². The van der Waals surface area contributed by atoms with E-state index in [1.165, 1.54) is 18.5 Å². The summed E-state index contributed by atoms with van der Waals surface area (Å²) in [4.78, 5) is 22.7. The monoisotopic (exact) mass is 457 g/mol. The molecule has 2 aromatic heterocycles. The molecule has 0 saturated carbocycles. The van der Waals surface area contributed by atoms with Crippen molar-refractivity contribution in [3.8, 4) is 11.3 Å². The fraction of sp³-hybridized carbons (Fsp3) is 0.261. The molecular formula is C23H22F3N5O2. The first-order valence-electron chi connectivity index (χ1n) is 10.3. The average Bonchev–Trinajstić information content (AvgIpc) is 2.78. The van der Waals surface area contributed by atoms with Crippen LogP contribution >= 0.6 is 0 Å². The molecule has 33 heavy (non-hydrogen) atoms. The van der Waals surface area contributed by atoms with Gasteiger partial charge in [-0.25, -0.2) is 18.2 Å². The number of hydrogen-bond acceptors (Lipinski definition) is 6. The van der Waals surface area contributed by atoms with Crippen molar-refractivity contribution in [2.75, 3.05) is 23.3 Å². The molecule has 1 aliphatic rings. The first kappa shape index (κ1) is 22.7. The molecule has 4 rings (SSSR count). The highest BCUT2D eigenvalue weighted by molar-refractivity contribution is 6.05. The van der Waals surface area contributed by atoms with E-state index in [-0.39, 0.29) is 17.3 Å². The number of rotatable bonds is 4. The number of nitrogens with one attached hydrogen (secondary N) is 1. The molecule has 7 nitrogen and oxygen atoms in total. The Hall–Kier alpha value is -3.50. The van der Waals surface area contributed by atoms with Crippen LogP contribution < -0.4 is 16.0 Å². The lowest BCUT2D eigenvalue weighted by Gasteiger charge is -2.40. The summed E-state index contributed by atoms with van der Waals surface area (Å²) in [6, 6.07) is 6.50. The van der Waals surface area contributed by atoms with Gasteiger partial charge in [0.15, 0.2) is 11.5 Å². The largest absolute Gasteiger partial charge is 0.391 e. The van der Waals surface area contributed by atoms with Gasteiger partial charge in [0.2, 0.25) is 0 Å². The van der Waals surface area contributed by atoms with Gasteiger partial charge in [0.1, 0.15) is 11.6 Å². The van der Waals surface area contributed by atoms with Crippen LogP contribution in [0.15, 0.2) is 48.8 Å². The number of carbonyl (C=O) groups is 1. The van der Waals surface area contributed by atoms with Crippen LogP contribution in [-0.2, 0) is 0 Å². The summed E-state index contributed by atoms with van der Waals surface area (Å²) >= 11 is 0. The molecule has 1 amide bonds. The summed E-state index contributed by atoms with van der Waals surface area (Å²) in [5.74, 6) is -3.73. The Bertz CT molecular complexity index is 1160. The normalized spacial score (nSPS) is 20.5. The molecule has 3 aromatic rings. The van der Waals surface area contributed by atoms with Crippen LogP contribution in [-0.4, -0.2) is 46.2 Å². The lowest BCUT2D eigenvalue weighted by molar-refractivity contribution is 0.0785. The minimum absolute atomic E-state index is 0.114. The zero-order valence-electron chi connectivity index (χ0n) is 17.7. The van der Waals surface area contributed by atoms with Gasteiger partial charge in [-0.15, -0.1) is 0 Å². The van der Waals surface area contributed by atoms with Gasteiger partial charge in [-0.1, -0.05) is 13.0 Å². The van der Waals surface area contributed by atoms with Gasteiger partial charge in [0, 0.05) is 31.2 Å². The summed E-state index contributed by atoms with van der Waals surface area (Å²) in [5.41, 5.74) is 5.62. The second-order valence-corrected chi connectivity index (χ2v) is 8.01. The minimum Gasteiger partial charge on any atom is -0.391 e. The number of aromatic nitrogens is 2. The fourth-order valence-electron chi connectivity index (χ4n) is 3.94. The van der Waals surface area contributed by atoms with Crippen molar-refractivity contribution in [2.45, 2.75) is 19.1 Å². The minimum atomic E-state index is -0.949. The first-order chi connectivity index (χ1) is 15.8. The number of halogens is 3. The Morgan fingerprint density at radius 2 is 1.85 bits per heavy atom. The number of carbonyl (C=O) groups excluding carboxylic acids is 1. The second kappa shape index (κ2) is 9.16. The van der Waals surface area contributed by atoms with Crippen LogP contribution in [0.1, 0.15) is 17.4 Å². The Morgan fingerprint density at radius 3 is 2.55 bits per heavy atom. The molecule has 1 saturated heterocycles. The van der Waals surface area contributed by atoms with Gasteiger partial charge >= 0.3 is 0 Å². The molecule has 3 atom stereocenters. The topological polar surface area (TPSA) is 104 Å².